The van der Waals surface area contributed by atoms with E-state index in [-0.39, 0.29) is 42.0 Å². The van der Waals surface area contributed by atoms with Gasteiger partial charge < -0.3 is 20.7 Å². The molecule has 1 fully saturated rings. The molecule has 1 amide bonds. The summed E-state index contributed by atoms with van der Waals surface area (Å²) in [7, 11) is 0. The van der Waals surface area contributed by atoms with Crippen molar-refractivity contribution >= 4 is 35.8 Å². The molecule has 0 unspecified atom stereocenters. The zero-order valence-electron chi connectivity index (χ0n) is 16.3. The van der Waals surface area contributed by atoms with Gasteiger partial charge >= 0.3 is 0 Å². The molecule has 3 N–H and O–H groups in total. The quantitative estimate of drug-likeness (QED) is 0.222. The first-order valence-electron chi connectivity index (χ1n) is 9.35. The number of hydrogen-bond acceptors (Lipinski definition) is 3. The SMILES string of the molecule is CCNC(=NCC(=O)NC(C)(C)C)NCCCOC1CCCCC1.I. The lowest BCUT2D eigenvalue weighted by atomic mass is 9.98. The first kappa shape index (κ1) is 24.4. The summed E-state index contributed by atoms with van der Waals surface area (Å²) < 4.78 is 5.91. The van der Waals surface area contributed by atoms with E-state index in [2.05, 4.69) is 20.9 Å². The van der Waals surface area contributed by atoms with Gasteiger partial charge in [0.05, 0.1) is 6.10 Å². The number of nitrogens with zero attached hydrogens (tertiary/aromatic N) is 1. The lowest BCUT2D eigenvalue weighted by Gasteiger charge is -2.22. The molecule has 148 valence electrons. The maximum absolute atomic E-state index is 11.8. The Morgan fingerprint density at radius 1 is 1.16 bits per heavy atom. The predicted molar refractivity (Wildman–Crippen MR) is 115 cm³/mol. The van der Waals surface area contributed by atoms with Gasteiger partial charge in [-0.2, -0.15) is 0 Å². The fraction of sp³-hybridized carbons (Fsp3) is 0.889. The van der Waals surface area contributed by atoms with Crippen LogP contribution < -0.4 is 16.0 Å². The molecule has 1 saturated carbocycles. The van der Waals surface area contributed by atoms with Crippen LogP contribution in [-0.2, 0) is 9.53 Å². The maximum Gasteiger partial charge on any atom is 0.242 e. The number of ether oxygens (including phenoxy) is 1. The minimum Gasteiger partial charge on any atom is -0.378 e. The second-order valence-electron chi connectivity index (χ2n) is 7.40. The van der Waals surface area contributed by atoms with Crippen molar-refractivity contribution in [2.24, 2.45) is 4.99 Å². The van der Waals surface area contributed by atoms with E-state index in [1.807, 2.05) is 27.7 Å². The van der Waals surface area contributed by atoms with Crippen molar-refractivity contribution < 1.29 is 9.53 Å². The summed E-state index contributed by atoms with van der Waals surface area (Å²) in [6, 6.07) is 0. The van der Waals surface area contributed by atoms with E-state index >= 15 is 0 Å². The molecule has 25 heavy (non-hydrogen) atoms. The van der Waals surface area contributed by atoms with Gasteiger partial charge in [0, 0.05) is 25.2 Å². The predicted octanol–water partition coefficient (Wildman–Crippen LogP) is 2.81. The van der Waals surface area contributed by atoms with E-state index in [4.69, 9.17) is 4.74 Å². The number of halogens is 1. The molecule has 0 aromatic rings. The lowest BCUT2D eigenvalue weighted by molar-refractivity contribution is -0.121. The van der Waals surface area contributed by atoms with Crippen LogP contribution in [0.15, 0.2) is 4.99 Å². The van der Waals surface area contributed by atoms with E-state index < -0.39 is 0 Å². The number of hydrogen-bond donors (Lipinski definition) is 3. The second-order valence-corrected chi connectivity index (χ2v) is 7.40. The zero-order valence-corrected chi connectivity index (χ0v) is 18.7. The van der Waals surface area contributed by atoms with Gasteiger partial charge in [-0.1, -0.05) is 19.3 Å². The van der Waals surface area contributed by atoms with Crippen molar-refractivity contribution in [3.63, 3.8) is 0 Å². The van der Waals surface area contributed by atoms with E-state index in [0.717, 1.165) is 26.1 Å². The highest BCUT2D eigenvalue weighted by Crippen LogP contribution is 2.20. The van der Waals surface area contributed by atoms with Crippen LogP contribution in [0.2, 0.25) is 0 Å². The smallest absolute Gasteiger partial charge is 0.242 e. The number of carbonyl (C=O) groups is 1. The molecule has 0 saturated heterocycles. The average Bonchev–Trinajstić information content (AvgIpc) is 2.51. The summed E-state index contributed by atoms with van der Waals surface area (Å²) in [5.41, 5.74) is -0.227. The highest BCUT2D eigenvalue weighted by molar-refractivity contribution is 14.0. The number of amides is 1. The Labute approximate surface area is 170 Å². The molecule has 1 aliphatic rings. The second kappa shape index (κ2) is 13.6. The summed E-state index contributed by atoms with van der Waals surface area (Å²) in [6.45, 7) is 10.4. The van der Waals surface area contributed by atoms with Crippen LogP contribution in [0.1, 0.15) is 66.2 Å². The standard InChI is InChI=1S/C18H36N4O2.HI/c1-5-19-17(21-14-16(23)22-18(2,3)4)20-12-9-13-24-15-10-7-6-8-11-15;/h15H,5-14H2,1-4H3,(H,22,23)(H2,19,20,21);1H. The topological polar surface area (TPSA) is 74.8 Å². The van der Waals surface area contributed by atoms with Gasteiger partial charge in [-0.3, -0.25) is 4.79 Å². The van der Waals surface area contributed by atoms with Crippen LogP contribution in [0.3, 0.4) is 0 Å². The maximum atomic E-state index is 11.8. The molecule has 0 radical (unpaired) electrons. The van der Waals surface area contributed by atoms with Gasteiger partial charge in [-0.15, -0.1) is 24.0 Å². The Morgan fingerprint density at radius 3 is 2.44 bits per heavy atom. The fourth-order valence-electron chi connectivity index (χ4n) is 2.71. The van der Waals surface area contributed by atoms with E-state index in [1.165, 1.54) is 32.1 Å². The molecule has 0 aromatic carbocycles. The minimum absolute atomic E-state index is 0. The van der Waals surface area contributed by atoms with Gasteiger partial charge in [-0.25, -0.2) is 4.99 Å². The number of aliphatic imine (C=N–C) groups is 1. The third-order valence-corrected chi connectivity index (χ3v) is 3.76. The van der Waals surface area contributed by atoms with Gasteiger partial charge in [0.1, 0.15) is 6.54 Å². The summed E-state index contributed by atoms with van der Waals surface area (Å²) in [5.74, 6) is 0.611. The van der Waals surface area contributed by atoms with Crippen molar-refractivity contribution in [3.05, 3.63) is 0 Å². The van der Waals surface area contributed by atoms with E-state index in [9.17, 15) is 4.79 Å². The Kier molecular flexibility index (Phi) is 13.3. The van der Waals surface area contributed by atoms with Crippen molar-refractivity contribution in [3.8, 4) is 0 Å². The van der Waals surface area contributed by atoms with Gasteiger partial charge in [0.2, 0.25) is 5.91 Å². The molecule has 0 atom stereocenters. The summed E-state index contributed by atoms with van der Waals surface area (Å²) in [6.07, 6.45) is 7.78. The zero-order chi connectivity index (χ0) is 17.8. The fourth-order valence-corrected chi connectivity index (χ4v) is 2.71. The Morgan fingerprint density at radius 2 is 1.84 bits per heavy atom. The number of rotatable bonds is 8. The lowest BCUT2D eigenvalue weighted by Crippen LogP contribution is -2.43. The molecule has 0 spiro atoms. The van der Waals surface area contributed by atoms with Crippen molar-refractivity contribution in [1.82, 2.24) is 16.0 Å². The summed E-state index contributed by atoms with van der Waals surface area (Å²) in [4.78, 5) is 16.2. The van der Waals surface area contributed by atoms with Crippen LogP contribution in [0.4, 0.5) is 0 Å². The molecular weight excluding hydrogens is 431 g/mol. The third kappa shape index (κ3) is 13.3. The van der Waals surface area contributed by atoms with Crippen LogP contribution in [-0.4, -0.2) is 49.8 Å². The number of guanidine groups is 1. The van der Waals surface area contributed by atoms with Gasteiger partial charge in [0.25, 0.3) is 0 Å². The molecule has 0 aliphatic heterocycles. The highest BCUT2D eigenvalue weighted by Gasteiger charge is 2.14. The molecule has 0 bridgehead atoms. The summed E-state index contributed by atoms with van der Waals surface area (Å²) in [5, 5.41) is 9.32. The monoisotopic (exact) mass is 468 g/mol. The molecule has 0 aromatic heterocycles. The summed E-state index contributed by atoms with van der Waals surface area (Å²) >= 11 is 0. The number of nitrogens with one attached hydrogen (secondary N) is 3. The Balaban J connectivity index is 0.00000576. The molecule has 1 rings (SSSR count). The normalized spacial score (nSPS) is 16.1. The average molecular weight is 468 g/mol. The largest absolute Gasteiger partial charge is 0.378 e. The molecule has 0 heterocycles. The van der Waals surface area contributed by atoms with Gasteiger partial charge in [-0.05, 0) is 47.0 Å². The van der Waals surface area contributed by atoms with E-state index in [1.54, 1.807) is 0 Å². The Hall–Kier alpha value is -0.570. The van der Waals surface area contributed by atoms with Crippen LogP contribution >= 0.6 is 24.0 Å². The van der Waals surface area contributed by atoms with Crippen molar-refractivity contribution in [2.75, 3.05) is 26.2 Å². The first-order chi connectivity index (χ1) is 11.4. The van der Waals surface area contributed by atoms with Crippen molar-refractivity contribution in [2.45, 2.75) is 77.9 Å². The van der Waals surface area contributed by atoms with Crippen LogP contribution in [0, 0.1) is 0 Å². The number of carbonyl (C=O) groups excluding carboxylic acids is 1. The molecular formula is C18H37IN4O2. The third-order valence-electron chi connectivity index (χ3n) is 3.76. The van der Waals surface area contributed by atoms with Crippen LogP contribution in [0.5, 0.6) is 0 Å². The first-order valence-corrected chi connectivity index (χ1v) is 9.35. The molecule has 7 heteroatoms. The van der Waals surface area contributed by atoms with Crippen LogP contribution in [0.25, 0.3) is 0 Å². The minimum atomic E-state index is -0.227. The Bertz CT molecular complexity index is 391. The van der Waals surface area contributed by atoms with E-state index in [0.29, 0.717) is 12.1 Å². The highest BCUT2D eigenvalue weighted by atomic mass is 127. The molecule has 1 aliphatic carbocycles. The van der Waals surface area contributed by atoms with Gasteiger partial charge in [0.15, 0.2) is 5.96 Å². The molecule has 6 nitrogen and oxygen atoms in total. The van der Waals surface area contributed by atoms with Crippen molar-refractivity contribution in [1.29, 1.82) is 0 Å².